The SMILES string of the molecule is CC[C@H](C)[C@@H](C(N)=O)N(C(=O)[C@@H](N)Cc1ccc(O)cc1)c1ccccc1. The highest BCUT2D eigenvalue weighted by atomic mass is 16.3. The Morgan fingerprint density at radius 3 is 2.19 bits per heavy atom. The molecule has 0 heterocycles. The number of aromatic hydroxyl groups is 1. The maximum atomic E-state index is 13.2. The Morgan fingerprint density at radius 1 is 1.07 bits per heavy atom. The van der Waals surface area contributed by atoms with Crippen molar-refractivity contribution in [3.8, 4) is 5.75 Å². The zero-order valence-electron chi connectivity index (χ0n) is 15.7. The van der Waals surface area contributed by atoms with E-state index in [1.54, 1.807) is 48.5 Å². The molecule has 2 amide bonds. The van der Waals surface area contributed by atoms with Gasteiger partial charge < -0.3 is 16.6 Å². The lowest BCUT2D eigenvalue weighted by Gasteiger charge is -2.35. The van der Waals surface area contributed by atoms with Crippen molar-refractivity contribution in [2.75, 3.05) is 4.90 Å². The Labute approximate surface area is 159 Å². The lowest BCUT2D eigenvalue weighted by molar-refractivity contribution is -0.126. The van der Waals surface area contributed by atoms with Crippen LogP contribution in [0.1, 0.15) is 25.8 Å². The highest BCUT2D eigenvalue weighted by molar-refractivity contribution is 6.03. The van der Waals surface area contributed by atoms with E-state index in [1.165, 1.54) is 4.90 Å². The molecule has 0 aliphatic carbocycles. The molecule has 0 aromatic heterocycles. The summed E-state index contributed by atoms with van der Waals surface area (Å²) in [4.78, 5) is 26.9. The van der Waals surface area contributed by atoms with Gasteiger partial charge in [0.25, 0.3) is 0 Å². The zero-order valence-corrected chi connectivity index (χ0v) is 15.7. The van der Waals surface area contributed by atoms with Gasteiger partial charge in [0, 0.05) is 5.69 Å². The third-order valence-electron chi connectivity index (χ3n) is 4.73. The molecule has 27 heavy (non-hydrogen) atoms. The Hall–Kier alpha value is -2.86. The normalized spacial score (nSPS) is 14.2. The fourth-order valence-corrected chi connectivity index (χ4v) is 3.05. The molecule has 6 nitrogen and oxygen atoms in total. The number of phenols is 1. The second-order valence-corrected chi connectivity index (χ2v) is 6.75. The van der Waals surface area contributed by atoms with E-state index in [9.17, 15) is 14.7 Å². The molecular weight excluding hydrogens is 342 g/mol. The van der Waals surface area contributed by atoms with Crippen LogP contribution in [-0.4, -0.2) is 29.0 Å². The van der Waals surface area contributed by atoms with Gasteiger partial charge in [0.05, 0.1) is 6.04 Å². The summed E-state index contributed by atoms with van der Waals surface area (Å²) < 4.78 is 0. The van der Waals surface area contributed by atoms with Crippen molar-refractivity contribution in [1.29, 1.82) is 0 Å². The number of benzene rings is 2. The van der Waals surface area contributed by atoms with Gasteiger partial charge in [0.2, 0.25) is 11.8 Å². The van der Waals surface area contributed by atoms with Gasteiger partial charge in [-0.1, -0.05) is 50.6 Å². The molecule has 3 atom stereocenters. The van der Waals surface area contributed by atoms with E-state index in [4.69, 9.17) is 11.5 Å². The zero-order chi connectivity index (χ0) is 20.0. The summed E-state index contributed by atoms with van der Waals surface area (Å²) in [7, 11) is 0. The van der Waals surface area contributed by atoms with Crippen LogP contribution in [0.2, 0.25) is 0 Å². The van der Waals surface area contributed by atoms with Crippen molar-refractivity contribution in [2.45, 2.75) is 38.8 Å². The molecule has 0 aliphatic heterocycles. The van der Waals surface area contributed by atoms with Gasteiger partial charge in [0.15, 0.2) is 0 Å². The topological polar surface area (TPSA) is 110 Å². The first-order valence-electron chi connectivity index (χ1n) is 9.06. The van der Waals surface area contributed by atoms with E-state index in [0.717, 1.165) is 5.56 Å². The van der Waals surface area contributed by atoms with Crippen LogP contribution in [0.15, 0.2) is 54.6 Å². The molecule has 2 aromatic carbocycles. The number of rotatable bonds is 8. The van der Waals surface area contributed by atoms with E-state index in [0.29, 0.717) is 12.1 Å². The number of carbonyl (C=O) groups excluding carboxylic acids is 2. The van der Waals surface area contributed by atoms with E-state index < -0.39 is 18.0 Å². The van der Waals surface area contributed by atoms with Gasteiger partial charge in [-0.3, -0.25) is 14.5 Å². The summed E-state index contributed by atoms with van der Waals surface area (Å²) >= 11 is 0. The molecule has 0 saturated carbocycles. The minimum Gasteiger partial charge on any atom is -0.508 e. The average Bonchev–Trinajstić information content (AvgIpc) is 2.67. The highest BCUT2D eigenvalue weighted by Gasteiger charge is 2.35. The molecule has 0 bridgehead atoms. The van der Waals surface area contributed by atoms with Crippen LogP contribution in [0.4, 0.5) is 5.69 Å². The smallest absolute Gasteiger partial charge is 0.244 e. The van der Waals surface area contributed by atoms with E-state index >= 15 is 0 Å². The van der Waals surface area contributed by atoms with Crippen molar-refractivity contribution in [3.63, 3.8) is 0 Å². The van der Waals surface area contributed by atoms with Crippen LogP contribution in [-0.2, 0) is 16.0 Å². The molecule has 144 valence electrons. The molecule has 0 aliphatic rings. The first-order valence-corrected chi connectivity index (χ1v) is 9.06. The van der Waals surface area contributed by atoms with Crippen molar-refractivity contribution in [1.82, 2.24) is 0 Å². The van der Waals surface area contributed by atoms with Crippen molar-refractivity contribution in [2.24, 2.45) is 17.4 Å². The number of para-hydroxylation sites is 1. The minimum atomic E-state index is -0.847. The minimum absolute atomic E-state index is 0.118. The number of hydrogen-bond acceptors (Lipinski definition) is 4. The molecule has 5 N–H and O–H groups in total. The molecule has 2 aromatic rings. The van der Waals surface area contributed by atoms with Crippen LogP contribution in [0, 0.1) is 5.92 Å². The van der Waals surface area contributed by atoms with Gasteiger partial charge in [-0.25, -0.2) is 0 Å². The van der Waals surface area contributed by atoms with Crippen molar-refractivity contribution in [3.05, 3.63) is 60.2 Å². The summed E-state index contributed by atoms with van der Waals surface area (Å²) in [6.07, 6.45) is 0.978. The van der Waals surface area contributed by atoms with Crippen LogP contribution in [0.5, 0.6) is 5.75 Å². The Balaban J connectivity index is 2.35. The van der Waals surface area contributed by atoms with Crippen molar-refractivity contribution < 1.29 is 14.7 Å². The lowest BCUT2D eigenvalue weighted by atomic mass is 9.94. The highest BCUT2D eigenvalue weighted by Crippen LogP contribution is 2.24. The predicted molar refractivity (Wildman–Crippen MR) is 106 cm³/mol. The van der Waals surface area contributed by atoms with Crippen LogP contribution < -0.4 is 16.4 Å². The molecule has 0 saturated heterocycles. The third kappa shape index (κ3) is 5.08. The van der Waals surface area contributed by atoms with E-state index in [2.05, 4.69) is 0 Å². The number of primary amides is 1. The van der Waals surface area contributed by atoms with Gasteiger partial charge in [0.1, 0.15) is 11.8 Å². The third-order valence-corrected chi connectivity index (χ3v) is 4.73. The Bertz CT molecular complexity index is 762. The first-order chi connectivity index (χ1) is 12.8. The maximum absolute atomic E-state index is 13.2. The number of hydrogen-bond donors (Lipinski definition) is 3. The van der Waals surface area contributed by atoms with Crippen LogP contribution >= 0.6 is 0 Å². The number of phenolic OH excluding ortho intramolecular Hbond substituents is 1. The molecule has 2 rings (SSSR count). The Morgan fingerprint density at radius 2 is 1.67 bits per heavy atom. The number of carbonyl (C=O) groups is 2. The van der Waals surface area contributed by atoms with Gasteiger partial charge in [-0.05, 0) is 42.2 Å². The summed E-state index contributed by atoms with van der Waals surface area (Å²) in [5.74, 6) is -0.889. The second kappa shape index (κ2) is 9.19. The van der Waals surface area contributed by atoms with Gasteiger partial charge >= 0.3 is 0 Å². The summed E-state index contributed by atoms with van der Waals surface area (Å²) in [5, 5.41) is 9.40. The summed E-state index contributed by atoms with van der Waals surface area (Å²) in [5.41, 5.74) is 13.3. The van der Waals surface area contributed by atoms with Crippen LogP contribution in [0.3, 0.4) is 0 Å². The Kier molecular flexibility index (Phi) is 6.96. The molecule has 0 unspecified atom stereocenters. The second-order valence-electron chi connectivity index (χ2n) is 6.75. The monoisotopic (exact) mass is 369 g/mol. The summed E-state index contributed by atoms with van der Waals surface area (Å²) in [6, 6.07) is 13.9. The van der Waals surface area contributed by atoms with Gasteiger partial charge in [-0.2, -0.15) is 0 Å². The lowest BCUT2D eigenvalue weighted by Crippen LogP contribution is -2.56. The molecular formula is C21H27N3O3. The largest absolute Gasteiger partial charge is 0.508 e. The van der Waals surface area contributed by atoms with Gasteiger partial charge in [-0.15, -0.1) is 0 Å². The van der Waals surface area contributed by atoms with Crippen LogP contribution in [0.25, 0.3) is 0 Å². The molecule has 0 spiro atoms. The standard InChI is InChI=1S/C21H27N3O3/c1-3-14(2)19(20(23)26)24(16-7-5-4-6-8-16)21(27)18(22)13-15-9-11-17(25)12-10-15/h4-12,14,18-19,25H,3,13,22H2,1-2H3,(H2,23,26)/t14-,18-,19-/m0/s1. The number of nitrogens with two attached hydrogens (primary N) is 2. The van der Waals surface area contributed by atoms with E-state index in [1.807, 2.05) is 19.9 Å². The molecule has 6 heteroatoms. The predicted octanol–water partition coefficient (Wildman–Crippen LogP) is 2.20. The number of nitrogens with zero attached hydrogens (tertiary/aromatic N) is 1. The number of amides is 2. The molecule has 0 fully saturated rings. The summed E-state index contributed by atoms with van der Waals surface area (Å²) in [6.45, 7) is 3.84. The maximum Gasteiger partial charge on any atom is 0.244 e. The number of anilines is 1. The fraction of sp³-hybridized carbons (Fsp3) is 0.333. The average molecular weight is 369 g/mol. The van der Waals surface area contributed by atoms with E-state index in [-0.39, 0.29) is 24.0 Å². The fourth-order valence-electron chi connectivity index (χ4n) is 3.05. The first kappa shape index (κ1) is 20.5. The molecule has 0 radical (unpaired) electrons. The quantitative estimate of drug-likeness (QED) is 0.662. The van der Waals surface area contributed by atoms with Crippen molar-refractivity contribution >= 4 is 17.5 Å².